The first-order valence-corrected chi connectivity index (χ1v) is 3.07. The minimum Gasteiger partial charge on any atom is -0.520 e. The van der Waals surface area contributed by atoms with Crippen LogP contribution in [0.2, 0.25) is 0 Å². The van der Waals surface area contributed by atoms with Crippen molar-refractivity contribution in [1.29, 1.82) is 0 Å². The van der Waals surface area contributed by atoms with Gasteiger partial charge in [0, 0.05) is 6.54 Å². The first kappa shape index (κ1) is 11.6. The Bertz CT molecular complexity index is 189. The van der Waals surface area contributed by atoms with Gasteiger partial charge < -0.3 is 12.7 Å². The van der Waals surface area contributed by atoms with Crippen LogP contribution in [0.4, 0.5) is 5.82 Å². The second-order valence-corrected chi connectivity index (χ2v) is 2.08. The molecule has 2 rings (SSSR count). The van der Waals surface area contributed by atoms with Crippen LogP contribution in [-0.4, -0.2) is 9.78 Å². The zero-order valence-corrected chi connectivity index (χ0v) is 10.2. The number of hydrogen-bond acceptors (Lipinski definition) is 2. The Balaban J connectivity index is 0.000000500. The van der Waals surface area contributed by atoms with Gasteiger partial charge in [-0.05, 0) is 6.07 Å². The van der Waals surface area contributed by atoms with Gasteiger partial charge in [0.1, 0.15) is 0 Å². The van der Waals surface area contributed by atoms with Crippen molar-refractivity contribution in [2.24, 2.45) is 0 Å². The maximum Gasteiger partial charge on any atom is 1.00 e. The summed E-state index contributed by atoms with van der Waals surface area (Å²) in [6.07, 6.45) is 2.87. The molecule has 0 unspecified atom stereocenters. The van der Waals surface area contributed by atoms with E-state index in [1.807, 2.05) is 16.9 Å². The minimum absolute atomic E-state index is 0. The molecular formula is C7H11KN3-. The van der Waals surface area contributed by atoms with Gasteiger partial charge in [-0.15, -0.1) is 6.42 Å². The largest absolute Gasteiger partial charge is 1.00 e. The van der Waals surface area contributed by atoms with Crippen molar-refractivity contribution in [1.82, 2.24) is 9.78 Å². The van der Waals surface area contributed by atoms with Gasteiger partial charge in [0.2, 0.25) is 0 Å². The number of rotatable bonds is 0. The van der Waals surface area contributed by atoms with Crippen LogP contribution >= 0.6 is 0 Å². The van der Waals surface area contributed by atoms with Crippen LogP contribution in [0.25, 0.3) is 0 Å². The van der Waals surface area contributed by atoms with Crippen LogP contribution in [0.1, 0.15) is 6.42 Å². The van der Waals surface area contributed by atoms with E-state index in [0.29, 0.717) is 0 Å². The van der Waals surface area contributed by atoms with Gasteiger partial charge in [-0.1, -0.05) is 0 Å². The Kier molecular flexibility index (Phi) is 5.63. The molecule has 11 heavy (non-hydrogen) atoms. The van der Waals surface area contributed by atoms with E-state index in [-0.39, 0.29) is 58.8 Å². The number of aromatic nitrogens is 2. The molecular weight excluding hydrogens is 165 g/mol. The van der Waals surface area contributed by atoms with Crippen molar-refractivity contribution in [3.63, 3.8) is 0 Å². The van der Waals surface area contributed by atoms with Crippen molar-refractivity contribution >= 4 is 5.82 Å². The van der Waals surface area contributed by atoms with E-state index >= 15 is 0 Å². The summed E-state index contributed by atoms with van der Waals surface area (Å²) < 4.78 is 1.96. The third-order valence-electron chi connectivity index (χ3n) is 1.45. The van der Waals surface area contributed by atoms with Crippen LogP contribution < -0.4 is 56.7 Å². The molecule has 0 amide bonds. The molecule has 1 aliphatic heterocycles. The zero-order valence-electron chi connectivity index (χ0n) is 7.04. The van der Waals surface area contributed by atoms with E-state index in [2.05, 4.69) is 17.0 Å². The van der Waals surface area contributed by atoms with Gasteiger partial charge in [-0.2, -0.15) is 5.10 Å². The van der Waals surface area contributed by atoms with Crippen LogP contribution in [0, 0.1) is 14.0 Å². The second-order valence-electron chi connectivity index (χ2n) is 2.08. The van der Waals surface area contributed by atoms with Crippen LogP contribution in [0.15, 0.2) is 12.3 Å². The maximum atomic E-state index is 4.09. The summed E-state index contributed by atoms with van der Waals surface area (Å²) in [5, 5.41) is 7.21. The van der Waals surface area contributed by atoms with Gasteiger partial charge in [-0.3, -0.25) is 4.68 Å². The molecule has 1 aromatic rings. The normalized spacial score (nSPS) is 13.5. The average molecular weight is 176 g/mol. The van der Waals surface area contributed by atoms with Gasteiger partial charge in [0.25, 0.3) is 0 Å². The van der Waals surface area contributed by atoms with E-state index in [4.69, 9.17) is 0 Å². The van der Waals surface area contributed by atoms with E-state index in [1.165, 1.54) is 0 Å². The Morgan fingerprint density at radius 3 is 3.18 bits per heavy atom. The fourth-order valence-electron chi connectivity index (χ4n) is 0.997. The summed E-state index contributed by atoms with van der Waals surface area (Å²) in [6, 6.07) is 1.97. The third kappa shape index (κ3) is 2.56. The molecule has 3 nitrogen and oxygen atoms in total. The van der Waals surface area contributed by atoms with E-state index in [0.717, 1.165) is 18.8 Å². The monoisotopic (exact) mass is 176 g/mol. The van der Waals surface area contributed by atoms with E-state index in [9.17, 15) is 0 Å². The number of fused-ring (bicyclic) bond motifs is 1. The quantitative estimate of drug-likeness (QED) is 0.378. The molecule has 1 aliphatic rings. The SMILES string of the molecule is [CH3-].[K+].c1cc2n(n1)CC[CH-]N2. The van der Waals surface area contributed by atoms with Gasteiger partial charge in [0.15, 0.2) is 0 Å². The van der Waals surface area contributed by atoms with E-state index < -0.39 is 0 Å². The first-order chi connectivity index (χ1) is 4.47. The van der Waals surface area contributed by atoms with Crippen LogP contribution in [0.5, 0.6) is 0 Å². The van der Waals surface area contributed by atoms with Crippen molar-refractivity contribution in [2.45, 2.75) is 13.0 Å². The summed E-state index contributed by atoms with van der Waals surface area (Å²) in [5.74, 6) is 1.10. The smallest absolute Gasteiger partial charge is 0.520 e. The van der Waals surface area contributed by atoms with Crippen molar-refractivity contribution in [3.05, 3.63) is 26.2 Å². The number of nitrogens with one attached hydrogen (secondary N) is 1. The van der Waals surface area contributed by atoms with Crippen molar-refractivity contribution < 1.29 is 51.4 Å². The van der Waals surface area contributed by atoms with Crippen molar-refractivity contribution in [2.75, 3.05) is 5.32 Å². The summed E-state index contributed by atoms with van der Waals surface area (Å²) >= 11 is 0. The number of nitrogens with zero attached hydrogens (tertiary/aromatic N) is 2. The predicted molar refractivity (Wildman–Crippen MR) is 41.2 cm³/mol. The summed E-state index contributed by atoms with van der Waals surface area (Å²) in [7, 11) is 0. The standard InChI is InChI=1S/C6H8N3.CH3.K/c1-3-7-6-2-4-8-9(6)5-1;;/h2-4,7H,1,5H2;1H3;/q2*-1;+1. The van der Waals surface area contributed by atoms with Gasteiger partial charge >= 0.3 is 51.4 Å². The molecule has 0 spiro atoms. The molecule has 0 fully saturated rings. The summed E-state index contributed by atoms with van der Waals surface area (Å²) in [5.41, 5.74) is 0. The van der Waals surface area contributed by atoms with E-state index in [1.54, 1.807) is 0 Å². The number of aryl methyl sites for hydroxylation is 1. The maximum absolute atomic E-state index is 4.09. The van der Waals surface area contributed by atoms with Crippen LogP contribution in [-0.2, 0) is 6.54 Å². The molecule has 4 heteroatoms. The molecule has 0 aliphatic carbocycles. The Morgan fingerprint density at radius 1 is 1.64 bits per heavy atom. The Morgan fingerprint density at radius 2 is 2.45 bits per heavy atom. The Labute approximate surface area is 110 Å². The predicted octanol–water partition coefficient (Wildman–Crippen LogP) is -1.69. The Hall–Kier alpha value is 0.646. The minimum atomic E-state index is 0. The third-order valence-corrected chi connectivity index (χ3v) is 1.45. The molecule has 0 saturated carbocycles. The molecule has 0 atom stereocenters. The molecule has 1 N–H and O–H groups in total. The molecule has 0 radical (unpaired) electrons. The molecule has 1 aromatic heterocycles. The fourth-order valence-corrected chi connectivity index (χ4v) is 0.997. The van der Waals surface area contributed by atoms with Crippen LogP contribution in [0.3, 0.4) is 0 Å². The number of hydrogen-bond donors (Lipinski definition) is 1. The zero-order chi connectivity index (χ0) is 6.10. The summed E-state index contributed by atoms with van der Waals surface area (Å²) in [4.78, 5) is 0. The van der Waals surface area contributed by atoms with Gasteiger partial charge in [0.05, 0.1) is 12.0 Å². The topological polar surface area (TPSA) is 29.9 Å². The second kappa shape index (κ2) is 5.32. The molecule has 2 heterocycles. The van der Waals surface area contributed by atoms with Crippen molar-refractivity contribution in [3.8, 4) is 0 Å². The first-order valence-electron chi connectivity index (χ1n) is 3.07. The fraction of sp³-hybridized carbons (Fsp3) is 0.286. The molecule has 0 aromatic carbocycles. The summed E-state index contributed by atoms with van der Waals surface area (Å²) in [6.45, 7) is 3.06. The molecule has 0 bridgehead atoms. The average Bonchev–Trinajstić information content (AvgIpc) is 2.33. The molecule has 56 valence electrons. The number of anilines is 1. The molecule has 0 saturated heterocycles. The van der Waals surface area contributed by atoms with Gasteiger partial charge in [-0.25, -0.2) is 6.54 Å².